The second-order valence-corrected chi connectivity index (χ2v) is 7.72. The van der Waals surface area contributed by atoms with Crippen LogP contribution in [0.3, 0.4) is 0 Å². The number of hydrogen-bond donors (Lipinski definition) is 0. The van der Waals surface area contributed by atoms with Gasteiger partial charge in [-0.2, -0.15) is 0 Å². The van der Waals surface area contributed by atoms with Gasteiger partial charge in [-0.1, -0.05) is 35.0 Å². The molecule has 1 fully saturated rings. The highest BCUT2D eigenvalue weighted by molar-refractivity contribution is 5.68. The van der Waals surface area contributed by atoms with Crippen LogP contribution in [0.1, 0.15) is 50.8 Å². The van der Waals surface area contributed by atoms with Crippen molar-refractivity contribution in [3.63, 3.8) is 0 Å². The van der Waals surface area contributed by atoms with Crippen LogP contribution in [0.5, 0.6) is 0 Å². The van der Waals surface area contributed by atoms with Crippen LogP contribution in [0.2, 0.25) is 0 Å². The summed E-state index contributed by atoms with van der Waals surface area (Å²) in [7, 11) is 0. The van der Waals surface area contributed by atoms with E-state index in [1.165, 1.54) is 5.56 Å². The highest BCUT2D eigenvalue weighted by Gasteiger charge is 2.28. The molecule has 1 aromatic heterocycles. The van der Waals surface area contributed by atoms with E-state index >= 15 is 0 Å². The molecule has 1 saturated heterocycles. The molecule has 25 heavy (non-hydrogen) atoms. The van der Waals surface area contributed by atoms with E-state index in [2.05, 4.69) is 24.2 Å². The van der Waals surface area contributed by atoms with Crippen molar-refractivity contribution in [2.24, 2.45) is 0 Å². The van der Waals surface area contributed by atoms with Gasteiger partial charge in [-0.15, -0.1) is 0 Å². The zero-order valence-electron chi connectivity index (χ0n) is 15.4. The minimum atomic E-state index is -0.455. The number of amides is 1. The maximum atomic E-state index is 12.1. The number of likely N-dealkylation sites (tertiary alicyclic amines) is 1. The summed E-state index contributed by atoms with van der Waals surface area (Å²) in [5.74, 6) is 1.12. The fraction of sp³-hybridized carbons (Fsp3) is 0.500. The third-order valence-corrected chi connectivity index (χ3v) is 4.43. The lowest BCUT2D eigenvalue weighted by atomic mass is 9.93. The van der Waals surface area contributed by atoms with Crippen LogP contribution >= 0.6 is 0 Å². The first-order valence-electron chi connectivity index (χ1n) is 8.83. The third kappa shape index (κ3) is 4.41. The van der Waals surface area contributed by atoms with Gasteiger partial charge in [0.05, 0.1) is 5.69 Å². The molecule has 0 aliphatic carbocycles. The lowest BCUT2D eigenvalue weighted by Gasteiger charge is -2.32. The summed E-state index contributed by atoms with van der Waals surface area (Å²) in [6.45, 7) is 9.10. The Kier molecular flexibility index (Phi) is 4.84. The molecule has 0 bridgehead atoms. The number of carbonyl (C=O) groups is 1. The number of carbonyl (C=O) groups excluding carboxylic acids is 1. The summed E-state index contributed by atoms with van der Waals surface area (Å²) in [5, 5.41) is 4.26. The molecule has 2 heterocycles. The number of aryl methyl sites for hydroxylation is 1. The van der Waals surface area contributed by atoms with E-state index in [4.69, 9.17) is 9.26 Å². The Balaban J connectivity index is 1.60. The predicted molar refractivity (Wildman–Crippen MR) is 96.5 cm³/mol. The number of ether oxygens (including phenoxy) is 1. The number of nitrogens with zero attached hydrogens (tertiary/aromatic N) is 2. The lowest BCUT2D eigenvalue weighted by Crippen LogP contribution is -2.41. The van der Waals surface area contributed by atoms with Crippen molar-refractivity contribution in [1.29, 1.82) is 0 Å². The number of piperidine rings is 1. The van der Waals surface area contributed by atoms with Gasteiger partial charge >= 0.3 is 6.09 Å². The predicted octanol–water partition coefficient (Wildman–Crippen LogP) is 4.76. The Morgan fingerprint density at radius 2 is 1.84 bits per heavy atom. The molecule has 1 aromatic carbocycles. The van der Waals surface area contributed by atoms with Crippen molar-refractivity contribution in [3.8, 4) is 11.3 Å². The molecule has 1 aliphatic rings. The van der Waals surface area contributed by atoms with Crippen molar-refractivity contribution >= 4 is 6.09 Å². The monoisotopic (exact) mass is 342 g/mol. The fourth-order valence-corrected chi connectivity index (χ4v) is 3.02. The van der Waals surface area contributed by atoms with Crippen molar-refractivity contribution < 1.29 is 14.1 Å². The number of aromatic nitrogens is 1. The minimum absolute atomic E-state index is 0.230. The average molecular weight is 342 g/mol. The van der Waals surface area contributed by atoms with Crippen LogP contribution < -0.4 is 0 Å². The molecule has 134 valence electrons. The Bertz CT molecular complexity index is 720. The number of benzene rings is 1. The summed E-state index contributed by atoms with van der Waals surface area (Å²) in [6, 6.07) is 10.3. The Hall–Kier alpha value is -2.30. The standard InChI is InChI=1S/C20H26N2O3/c1-14-5-7-16(8-6-14)18-13-17(21-25-18)15-9-11-22(12-10-15)19(23)24-20(2,3)4/h5-8,13,15H,9-12H2,1-4H3. The van der Waals surface area contributed by atoms with E-state index in [1.54, 1.807) is 4.90 Å². The van der Waals surface area contributed by atoms with Crippen LogP contribution in [0.4, 0.5) is 4.79 Å². The first-order chi connectivity index (χ1) is 11.8. The fourth-order valence-electron chi connectivity index (χ4n) is 3.02. The Morgan fingerprint density at radius 1 is 1.20 bits per heavy atom. The first kappa shape index (κ1) is 17.5. The molecular formula is C20H26N2O3. The number of hydrogen-bond acceptors (Lipinski definition) is 4. The Morgan fingerprint density at radius 3 is 2.44 bits per heavy atom. The molecule has 3 rings (SSSR count). The molecule has 0 radical (unpaired) electrons. The summed E-state index contributed by atoms with van der Waals surface area (Å²) in [5.41, 5.74) is 2.77. The normalized spacial score (nSPS) is 16.1. The zero-order valence-corrected chi connectivity index (χ0v) is 15.4. The average Bonchev–Trinajstić information content (AvgIpc) is 3.04. The molecule has 2 aromatic rings. The SMILES string of the molecule is Cc1ccc(-c2cc(C3CCN(C(=O)OC(C)(C)C)CC3)no2)cc1. The summed E-state index contributed by atoms with van der Waals surface area (Å²) >= 11 is 0. The summed E-state index contributed by atoms with van der Waals surface area (Å²) in [4.78, 5) is 13.9. The van der Waals surface area contributed by atoms with Gasteiger partial charge in [-0.05, 0) is 40.5 Å². The van der Waals surface area contributed by atoms with E-state index < -0.39 is 5.60 Å². The van der Waals surface area contributed by atoms with Crippen molar-refractivity contribution in [3.05, 3.63) is 41.6 Å². The molecule has 5 nitrogen and oxygen atoms in total. The molecule has 0 spiro atoms. The maximum Gasteiger partial charge on any atom is 0.410 e. The van der Waals surface area contributed by atoms with Crippen LogP contribution in [0, 0.1) is 6.92 Å². The van der Waals surface area contributed by atoms with Crippen LogP contribution in [-0.4, -0.2) is 34.8 Å². The Labute approximate surface area is 148 Å². The molecule has 5 heteroatoms. The first-order valence-corrected chi connectivity index (χ1v) is 8.83. The van der Waals surface area contributed by atoms with Crippen LogP contribution in [-0.2, 0) is 4.74 Å². The van der Waals surface area contributed by atoms with Gasteiger partial charge in [0.15, 0.2) is 5.76 Å². The van der Waals surface area contributed by atoms with E-state index in [9.17, 15) is 4.79 Å². The number of rotatable bonds is 2. The highest BCUT2D eigenvalue weighted by atomic mass is 16.6. The van der Waals surface area contributed by atoms with Gasteiger partial charge in [0.2, 0.25) is 0 Å². The second-order valence-electron chi connectivity index (χ2n) is 7.72. The topological polar surface area (TPSA) is 55.6 Å². The largest absolute Gasteiger partial charge is 0.444 e. The van der Waals surface area contributed by atoms with Crippen molar-refractivity contribution in [2.45, 2.75) is 52.1 Å². The van der Waals surface area contributed by atoms with Gasteiger partial charge in [-0.25, -0.2) is 4.79 Å². The van der Waals surface area contributed by atoms with E-state index in [0.29, 0.717) is 19.0 Å². The van der Waals surface area contributed by atoms with E-state index in [1.807, 2.05) is 39.0 Å². The smallest absolute Gasteiger partial charge is 0.410 e. The third-order valence-electron chi connectivity index (χ3n) is 4.43. The molecule has 1 aliphatic heterocycles. The van der Waals surface area contributed by atoms with E-state index in [0.717, 1.165) is 29.9 Å². The molecule has 1 amide bonds. The molecule has 0 saturated carbocycles. The quantitative estimate of drug-likeness (QED) is 0.789. The molecular weight excluding hydrogens is 316 g/mol. The van der Waals surface area contributed by atoms with Gasteiger partial charge < -0.3 is 14.2 Å². The van der Waals surface area contributed by atoms with Gasteiger partial charge in [-0.3, -0.25) is 0 Å². The maximum absolute atomic E-state index is 12.1. The highest BCUT2D eigenvalue weighted by Crippen LogP contribution is 2.31. The van der Waals surface area contributed by atoms with Crippen LogP contribution in [0.15, 0.2) is 34.9 Å². The minimum Gasteiger partial charge on any atom is -0.444 e. The van der Waals surface area contributed by atoms with Gasteiger partial charge in [0, 0.05) is 30.6 Å². The van der Waals surface area contributed by atoms with Crippen molar-refractivity contribution in [2.75, 3.05) is 13.1 Å². The van der Waals surface area contributed by atoms with Crippen LogP contribution in [0.25, 0.3) is 11.3 Å². The van der Waals surface area contributed by atoms with E-state index in [-0.39, 0.29) is 6.09 Å². The summed E-state index contributed by atoms with van der Waals surface area (Å²) in [6.07, 6.45) is 1.52. The zero-order chi connectivity index (χ0) is 18.0. The second kappa shape index (κ2) is 6.90. The molecule has 0 atom stereocenters. The van der Waals surface area contributed by atoms with Crippen molar-refractivity contribution in [1.82, 2.24) is 10.1 Å². The lowest BCUT2D eigenvalue weighted by molar-refractivity contribution is 0.0203. The van der Waals surface area contributed by atoms with Gasteiger partial charge in [0.1, 0.15) is 5.60 Å². The summed E-state index contributed by atoms with van der Waals surface area (Å²) < 4.78 is 11.0. The molecule has 0 unspecified atom stereocenters. The molecule has 0 N–H and O–H groups in total. The van der Waals surface area contributed by atoms with Gasteiger partial charge in [0.25, 0.3) is 0 Å².